The van der Waals surface area contributed by atoms with Crippen molar-refractivity contribution in [2.45, 2.75) is 43.9 Å². The average Bonchev–Trinajstić information content (AvgIpc) is 2.60. The molecule has 2 fully saturated rings. The molecule has 138 valence electrons. The molecule has 0 aliphatic carbocycles. The maximum Gasteiger partial charge on any atom is 0.323 e. The van der Waals surface area contributed by atoms with Gasteiger partial charge in [0.2, 0.25) is 5.95 Å². The van der Waals surface area contributed by atoms with Crippen molar-refractivity contribution in [1.29, 1.82) is 0 Å². The van der Waals surface area contributed by atoms with Crippen LogP contribution in [0.4, 0.5) is 5.95 Å². The molecule has 1 aromatic rings. The fourth-order valence-electron chi connectivity index (χ4n) is 3.64. The lowest BCUT2D eigenvalue weighted by molar-refractivity contribution is -0.177. The molecule has 0 amide bonds. The number of hydrogen-bond acceptors (Lipinski definition) is 7. The minimum absolute atomic E-state index is 0.129. The highest BCUT2D eigenvalue weighted by molar-refractivity contribution is 5.72. The quantitative estimate of drug-likeness (QED) is 0.792. The molecule has 3 heterocycles. The Hall–Kier alpha value is -1.77. The van der Waals surface area contributed by atoms with Crippen LogP contribution in [0.1, 0.15) is 31.2 Å². The molecule has 0 aromatic carbocycles. The Balaban J connectivity index is 1.53. The second kappa shape index (κ2) is 7.63. The number of nitrogens with zero attached hydrogens (tertiary/aromatic N) is 4. The van der Waals surface area contributed by atoms with Crippen molar-refractivity contribution in [1.82, 2.24) is 14.9 Å². The van der Waals surface area contributed by atoms with Crippen LogP contribution < -0.4 is 4.90 Å². The molecule has 2 saturated heterocycles. The third kappa shape index (κ3) is 4.26. The summed E-state index contributed by atoms with van der Waals surface area (Å²) in [6.07, 6.45) is 6.60. The molecule has 8 nitrogen and oxygen atoms in total. The molecule has 2 aliphatic rings. The lowest BCUT2D eigenvalue weighted by Gasteiger charge is -2.46. The summed E-state index contributed by atoms with van der Waals surface area (Å²) in [5.41, 5.74) is 0.641. The topological polar surface area (TPSA) is 99.0 Å². The number of anilines is 1. The number of carbonyl (C=O) groups is 1. The summed E-state index contributed by atoms with van der Waals surface area (Å²) in [5, 5.41) is 19.1. The summed E-state index contributed by atoms with van der Waals surface area (Å²) >= 11 is 0. The smallest absolute Gasteiger partial charge is 0.323 e. The first-order valence-electron chi connectivity index (χ1n) is 8.77. The standard InChI is InChI=1S/C17H26N4O4/c1-20(12-15(23)24)16-18-9-13(10-19-16)11-21-6-4-17(5-7-21)14(22)3-2-8-25-17/h9-10,14,22H,2-8,11-12H2,1H3,(H,23,24)/t14-/m0/s1. The number of likely N-dealkylation sites (tertiary alicyclic amines) is 1. The second-order valence-electron chi connectivity index (χ2n) is 6.99. The van der Waals surface area contributed by atoms with Crippen molar-refractivity contribution in [3.63, 3.8) is 0 Å². The van der Waals surface area contributed by atoms with E-state index < -0.39 is 5.97 Å². The van der Waals surface area contributed by atoms with E-state index in [1.54, 1.807) is 19.4 Å². The molecular weight excluding hydrogens is 324 g/mol. The number of aromatic nitrogens is 2. The SMILES string of the molecule is CN(CC(=O)O)c1ncc(CN2CCC3(CC2)OCCC[C@@H]3O)cn1. The lowest BCUT2D eigenvalue weighted by atomic mass is 9.82. The number of aliphatic carboxylic acids is 1. The minimum atomic E-state index is -0.912. The van der Waals surface area contributed by atoms with Gasteiger partial charge in [0, 0.05) is 51.2 Å². The highest BCUT2D eigenvalue weighted by Crippen LogP contribution is 2.35. The van der Waals surface area contributed by atoms with Gasteiger partial charge >= 0.3 is 5.97 Å². The lowest BCUT2D eigenvalue weighted by Crippen LogP contribution is -2.55. The van der Waals surface area contributed by atoms with Gasteiger partial charge in [-0.25, -0.2) is 9.97 Å². The molecule has 0 bridgehead atoms. The van der Waals surface area contributed by atoms with Crippen molar-refractivity contribution in [3.8, 4) is 0 Å². The number of rotatable bonds is 5. The van der Waals surface area contributed by atoms with E-state index in [9.17, 15) is 9.90 Å². The predicted molar refractivity (Wildman–Crippen MR) is 91.4 cm³/mol. The number of aliphatic hydroxyl groups is 1. The van der Waals surface area contributed by atoms with Crippen LogP contribution in [0, 0.1) is 0 Å². The number of piperidine rings is 1. The van der Waals surface area contributed by atoms with E-state index >= 15 is 0 Å². The normalized spacial score (nSPS) is 23.5. The molecule has 0 saturated carbocycles. The first-order valence-corrected chi connectivity index (χ1v) is 8.77. The summed E-state index contributed by atoms with van der Waals surface area (Å²) in [5.74, 6) is -0.507. The van der Waals surface area contributed by atoms with Crippen LogP contribution in [-0.4, -0.2) is 76.0 Å². The monoisotopic (exact) mass is 350 g/mol. The molecule has 0 radical (unpaired) electrons. The molecule has 8 heteroatoms. The van der Waals surface area contributed by atoms with E-state index in [4.69, 9.17) is 9.84 Å². The van der Waals surface area contributed by atoms with Crippen LogP contribution >= 0.6 is 0 Å². The Bertz CT molecular complexity index is 587. The molecule has 1 aromatic heterocycles. The Morgan fingerprint density at radius 1 is 1.40 bits per heavy atom. The Morgan fingerprint density at radius 2 is 2.08 bits per heavy atom. The van der Waals surface area contributed by atoms with Gasteiger partial charge in [-0.1, -0.05) is 0 Å². The van der Waals surface area contributed by atoms with Crippen LogP contribution in [0.25, 0.3) is 0 Å². The Morgan fingerprint density at radius 3 is 2.68 bits per heavy atom. The number of ether oxygens (including phenoxy) is 1. The van der Waals surface area contributed by atoms with Gasteiger partial charge in [-0.05, 0) is 25.7 Å². The molecular formula is C17H26N4O4. The van der Waals surface area contributed by atoms with Crippen molar-refractivity contribution < 1.29 is 19.7 Å². The van der Waals surface area contributed by atoms with Gasteiger partial charge in [0.05, 0.1) is 11.7 Å². The number of hydrogen-bond donors (Lipinski definition) is 2. The summed E-state index contributed by atoms with van der Waals surface area (Å²) in [6.45, 7) is 3.11. The van der Waals surface area contributed by atoms with E-state index in [1.807, 2.05) is 0 Å². The number of carboxylic acid groups (broad SMARTS) is 1. The zero-order valence-corrected chi connectivity index (χ0v) is 14.6. The third-order valence-electron chi connectivity index (χ3n) is 5.13. The fourth-order valence-corrected chi connectivity index (χ4v) is 3.64. The van der Waals surface area contributed by atoms with Crippen LogP contribution in [0.15, 0.2) is 12.4 Å². The first-order chi connectivity index (χ1) is 12.0. The van der Waals surface area contributed by atoms with E-state index in [2.05, 4.69) is 14.9 Å². The van der Waals surface area contributed by atoms with Gasteiger partial charge in [0.25, 0.3) is 0 Å². The van der Waals surface area contributed by atoms with Crippen LogP contribution in [0.5, 0.6) is 0 Å². The van der Waals surface area contributed by atoms with Crippen molar-refractivity contribution in [2.24, 2.45) is 0 Å². The zero-order chi connectivity index (χ0) is 17.9. The molecule has 0 unspecified atom stereocenters. The van der Waals surface area contributed by atoms with Crippen molar-refractivity contribution in [2.75, 3.05) is 38.2 Å². The third-order valence-corrected chi connectivity index (χ3v) is 5.13. The van der Waals surface area contributed by atoms with Crippen LogP contribution in [0.2, 0.25) is 0 Å². The highest BCUT2D eigenvalue weighted by atomic mass is 16.5. The van der Waals surface area contributed by atoms with Crippen molar-refractivity contribution in [3.05, 3.63) is 18.0 Å². The molecule has 25 heavy (non-hydrogen) atoms. The summed E-state index contributed by atoms with van der Waals surface area (Å²) in [4.78, 5) is 23.1. The number of carboxylic acids is 1. The molecule has 3 rings (SSSR count). The predicted octanol–water partition coefficient (Wildman–Crippen LogP) is 0.503. The molecule has 2 aliphatic heterocycles. The van der Waals surface area contributed by atoms with E-state index in [0.717, 1.165) is 57.5 Å². The molecule has 1 atom stereocenters. The van der Waals surface area contributed by atoms with E-state index in [1.165, 1.54) is 4.90 Å². The number of aliphatic hydroxyl groups excluding tert-OH is 1. The van der Waals surface area contributed by atoms with Crippen LogP contribution in [0.3, 0.4) is 0 Å². The average molecular weight is 350 g/mol. The van der Waals surface area contributed by atoms with Gasteiger partial charge < -0.3 is 19.8 Å². The van der Waals surface area contributed by atoms with E-state index in [-0.39, 0.29) is 18.2 Å². The van der Waals surface area contributed by atoms with Gasteiger partial charge in [0.1, 0.15) is 6.54 Å². The summed E-state index contributed by atoms with van der Waals surface area (Å²) in [7, 11) is 1.66. The maximum atomic E-state index is 10.7. The summed E-state index contributed by atoms with van der Waals surface area (Å²) in [6, 6.07) is 0. The first kappa shape index (κ1) is 18.0. The van der Waals surface area contributed by atoms with Crippen molar-refractivity contribution >= 4 is 11.9 Å². The van der Waals surface area contributed by atoms with Gasteiger partial charge in [-0.2, -0.15) is 0 Å². The second-order valence-corrected chi connectivity index (χ2v) is 6.99. The minimum Gasteiger partial charge on any atom is -0.480 e. The van der Waals surface area contributed by atoms with Gasteiger partial charge in [-0.3, -0.25) is 9.69 Å². The Kier molecular flexibility index (Phi) is 5.51. The maximum absolute atomic E-state index is 10.7. The van der Waals surface area contributed by atoms with Gasteiger partial charge in [0.15, 0.2) is 0 Å². The molecule has 1 spiro atoms. The van der Waals surface area contributed by atoms with Gasteiger partial charge in [-0.15, -0.1) is 0 Å². The fraction of sp³-hybridized carbons (Fsp3) is 0.706. The van der Waals surface area contributed by atoms with Crippen LogP contribution in [-0.2, 0) is 16.1 Å². The number of likely N-dealkylation sites (N-methyl/N-ethyl adjacent to an activating group) is 1. The Labute approximate surface area is 147 Å². The zero-order valence-electron chi connectivity index (χ0n) is 14.6. The largest absolute Gasteiger partial charge is 0.480 e. The summed E-state index contributed by atoms with van der Waals surface area (Å²) < 4.78 is 5.94. The molecule has 2 N–H and O–H groups in total. The van der Waals surface area contributed by atoms with E-state index in [0.29, 0.717) is 5.95 Å². The highest BCUT2D eigenvalue weighted by Gasteiger charge is 2.43.